The first-order chi connectivity index (χ1) is 19.7. The first kappa shape index (κ1) is 26.7. The van der Waals surface area contributed by atoms with Gasteiger partial charge >= 0.3 is 8.32 Å². The van der Waals surface area contributed by atoms with Gasteiger partial charge in [-0.3, -0.25) is 9.59 Å². The lowest BCUT2D eigenvalue weighted by atomic mass is 10.00. The van der Waals surface area contributed by atoms with E-state index in [2.05, 4.69) is 36.4 Å². The molecule has 0 fully saturated rings. The number of benzene rings is 5. The van der Waals surface area contributed by atoms with E-state index in [-0.39, 0.29) is 24.4 Å². The molecule has 0 aliphatic heterocycles. The third-order valence-electron chi connectivity index (χ3n) is 6.76. The van der Waals surface area contributed by atoms with Crippen molar-refractivity contribution in [1.82, 2.24) is 0 Å². The Kier molecular flexibility index (Phi) is 8.54. The zero-order valence-electron chi connectivity index (χ0n) is 22.0. The minimum Gasteiger partial charge on any atom is -0.438 e. The van der Waals surface area contributed by atoms with Gasteiger partial charge in [0.2, 0.25) is 0 Å². The highest BCUT2D eigenvalue weighted by molar-refractivity contribution is 7.07. The van der Waals surface area contributed by atoms with E-state index < -0.39 is 8.32 Å². The molecule has 196 valence electrons. The Morgan fingerprint density at radius 1 is 0.500 bits per heavy atom. The van der Waals surface area contributed by atoms with Crippen molar-refractivity contribution in [2.24, 2.45) is 5.16 Å². The second-order valence-electron chi connectivity index (χ2n) is 9.46. The number of rotatable bonds is 11. The van der Waals surface area contributed by atoms with Crippen molar-refractivity contribution in [1.29, 1.82) is 0 Å². The van der Waals surface area contributed by atoms with Crippen LogP contribution in [0, 0.1) is 0 Å². The van der Waals surface area contributed by atoms with Crippen molar-refractivity contribution in [2.45, 2.75) is 12.8 Å². The molecule has 0 spiro atoms. The predicted molar refractivity (Wildman–Crippen MR) is 163 cm³/mol. The predicted octanol–water partition coefficient (Wildman–Crippen LogP) is 5.31. The Hall–Kier alpha value is -4.87. The number of nitrogens with zero attached hydrogens (tertiary/aromatic N) is 1. The zero-order chi connectivity index (χ0) is 27.6. The molecule has 5 aromatic carbocycles. The first-order valence-electron chi connectivity index (χ1n) is 13.2. The summed E-state index contributed by atoms with van der Waals surface area (Å²) in [5, 5.41) is 7.87. The maximum Gasteiger partial charge on any atom is 0.380 e. The highest BCUT2D eigenvalue weighted by atomic mass is 28.4. The van der Waals surface area contributed by atoms with E-state index >= 15 is 0 Å². The molecule has 0 amide bonds. The summed E-state index contributed by atoms with van der Waals surface area (Å²) in [6, 6.07) is 48.9. The molecule has 4 nitrogen and oxygen atoms in total. The summed E-state index contributed by atoms with van der Waals surface area (Å²) < 4.78 is 6.78. The van der Waals surface area contributed by atoms with Gasteiger partial charge in [0, 0.05) is 5.56 Å². The number of hydrogen-bond donors (Lipinski definition) is 0. The molecule has 0 N–H and O–H groups in total. The Morgan fingerprint density at radius 3 is 1.30 bits per heavy atom. The molecule has 0 atom stereocenters. The van der Waals surface area contributed by atoms with Crippen LogP contribution in [-0.4, -0.2) is 25.6 Å². The summed E-state index contributed by atoms with van der Waals surface area (Å²) in [7, 11) is -3.12. The van der Waals surface area contributed by atoms with Gasteiger partial charge in [-0.25, -0.2) is 0 Å². The highest BCUT2D eigenvalue weighted by Gasteiger charge is 2.45. The smallest absolute Gasteiger partial charge is 0.380 e. The fraction of sp³-hybridized carbons (Fsp3) is 0.0571. The third-order valence-corrected chi connectivity index (χ3v) is 10.6. The zero-order valence-corrected chi connectivity index (χ0v) is 23.0. The molecule has 0 unspecified atom stereocenters. The van der Waals surface area contributed by atoms with Gasteiger partial charge in [-0.2, -0.15) is 0 Å². The van der Waals surface area contributed by atoms with Crippen LogP contribution in [0.2, 0.25) is 0 Å². The van der Waals surface area contributed by atoms with E-state index in [4.69, 9.17) is 9.68 Å². The van der Waals surface area contributed by atoms with Crippen molar-refractivity contribution in [2.75, 3.05) is 0 Å². The normalized spacial score (nSPS) is 11.6. The summed E-state index contributed by atoms with van der Waals surface area (Å²) in [6.07, 6.45) is -0.222. The maximum atomic E-state index is 13.2. The van der Waals surface area contributed by atoms with Crippen LogP contribution >= 0.6 is 0 Å². The van der Waals surface area contributed by atoms with Crippen LogP contribution in [0.3, 0.4) is 0 Å². The molecule has 0 aliphatic rings. The van der Waals surface area contributed by atoms with Crippen molar-refractivity contribution in [3.63, 3.8) is 0 Å². The average Bonchev–Trinajstić information content (AvgIpc) is 3.03. The van der Waals surface area contributed by atoms with Crippen LogP contribution in [0.25, 0.3) is 0 Å². The van der Waals surface area contributed by atoms with E-state index in [1.54, 1.807) is 24.3 Å². The van der Waals surface area contributed by atoms with Crippen molar-refractivity contribution < 1.29 is 14.1 Å². The Labute approximate surface area is 235 Å². The molecule has 5 rings (SSSR count). The van der Waals surface area contributed by atoms with E-state index in [9.17, 15) is 9.59 Å². The van der Waals surface area contributed by atoms with Crippen LogP contribution in [-0.2, 0) is 9.32 Å². The van der Waals surface area contributed by atoms with Gasteiger partial charge in [0.15, 0.2) is 5.78 Å². The topological polar surface area (TPSA) is 55.7 Å². The molecule has 0 saturated heterocycles. The van der Waals surface area contributed by atoms with Crippen molar-refractivity contribution >= 4 is 41.2 Å². The molecule has 0 bridgehead atoms. The molecule has 0 saturated carbocycles. The van der Waals surface area contributed by atoms with E-state index in [0.29, 0.717) is 11.3 Å². The lowest BCUT2D eigenvalue weighted by molar-refractivity contribution is -0.117. The Bertz CT molecular complexity index is 1480. The lowest BCUT2D eigenvalue weighted by Crippen LogP contribution is -2.68. The van der Waals surface area contributed by atoms with E-state index in [0.717, 1.165) is 21.1 Å². The van der Waals surface area contributed by atoms with Gasteiger partial charge < -0.3 is 4.53 Å². The van der Waals surface area contributed by atoms with Crippen LogP contribution in [0.5, 0.6) is 0 Å². The fourth-order valence-electron chi connectivity index (χ4n) is 4.77. The standard InChI is InChI=1S/C35H29NO3Si/c37-30(27-35(38)29-18-8-2-9-19-29)26-34(28-16-6-1-7-17-28)36-39-40(31-20-10-3-11-21-31,32-22-12-4-13-23-32)33-24-14-5-15-25-33/h1-25H,26-27H2/b36-34+. The number of hydrogen-bond acceptors (Lipinski definition) is 4. The van der Waals surface area contributed by atoms with Crippen LogP contribution in [0.15, 0.2) is 157 Å². The molecule has 0 heterocycles. The second-order valence-corrected chi connectivity index (χ2v) is 12.7. The van der Waals surface area contributed by atoms with Crippen molar-refractivity contribution in [3.8, 4) is 0 Å². The third kappa shape index (κ3) is 6.06. The highest BCUT2D eigenvalue weighted by Crippen LogP contribution is 2.14. The Balaban J connectivity index is 1.57. The number of carbonyl (C=O) groups is 2. The largest absolute Gasteiger partial charge is 0.438 e. The molecule has 5 heteroatoms. The second kappa shape index (κ2) is 12.8. The molecule has 5 aromatic rings. The Morgan fingerprint density at radius 2 is 0.875 bits per heavy atom. The van der Waals surface area contributed by atoms with E-state index in [1.165, 1.54) is 0 Å². The molecular formula is C35H29NO3Si. The molecule has 40 heavy (non-hydrogen) atoms. The van der Waals surface area contributed by atoms with Gasteiger partial charge in [-0.05, 0) is 21.1 Å². The molecule has 0 radical (unpaired) electrons. The summed E-state index contributed by atoms with van der Waals surface area (Å²) >= 11 is 0. The van der Waals surface area contributed by atoms with Gasteiger partial charge in [-0.1, -0.05) is 152 Å². The number of Topliss-reactive ketones (excluding diaryl/α,β-unsaturated/α-hetero) is 2. The van der Waals surface area contributed by atoms with Crippen molar-refractivity contribution in [3.05, 3.63) is 163 Å². The lowest BCUT2D eigenvalue weighted by Gasteiger charge is -2.30. The first-order valence-corrected chi connectivity index (χ1v) is 15.1. The van der Waals surface area contributed by atoms with E-state index in [1.807, 2.05) is 91.0 Å². The summed E-state index contributed by atoms with van der Waals surface area (Å²) in [5.41, 5.74) is 1.79. The van der Waals surface area contributed by atoms with Crippen LogP contribution < -0.4 is 15.6 Å². The number of carbonyl (C=O) groups excluding carboxylic acids is 2. The number of ketones is 2. The molecular weight excluding hydrogens is 510 g/mol. The molecule has 0 aromatic heterocycles. The van der Waals surface area contributed by atoms with Gasteiger partial charge in [-0.15, -0.1) is 5.16 Å². The summed E-state index contributed by atoms with van der Waals surface area (Å²) in [5.74, 6) is -0.424. The van der Waals surface area contributed by atoms with Crippen LogP contribution in [0.4, 0.5) is 0 Å². The monoisotopic (exact) mass is 539 g/mol. The van der Waals surface area contributed by atoms with Gasteiger partial charge in [0.1, 0.15) is 5.78 Å². The maximum absolute atomic E-state index is 13.2. The van der Waals surface area contributed by atoms with Gasteiger partial charge in [0.05, 0.1) is 18.6 Å². The van der Waals surface area contributed by atoms with Gasteiger partial charge in [0.25, 0.3) is 0 Å². The quantitative estimate of drug-likeness (QED) is 0.0571. The number of oxime groups is 1. The summed E-state index contributed by atoms with van der Waals surface area (Å²) in [6.45, 7) is 0. The minimum atomic E-state index is -3.12. The SMILES string of the molecule is O=C(CC(=O)c1ccccc1)C/C(=N\O[Si](c1ccccc1)(c1ccccc1)c1ccccc1)c1ccccc1. The average molecular weight is 540 g/mol. The summed E-state index contributed by atoms with van der Waals surface area (Å²) in [4.78, 5) is 26.0. The fourth-order valence-corrected chi connectivity index (χ4v) is 8.32. The van der Waals surface area contributed by atoms with Crippen LogP contribution in [0.1, 0.15) is 28.8 Å². The minimum absolute atomic E-state index is 0.0224. The molecule has 0 aliphatic carbocycles.